The lowest BCUT2D eigenvalue weighted by Crippen LogP contribution is -2.40. The number of ether oxygens (including phenoxy) is 1. The van der Waals surface area contributed by atoms with Gasteiger partial charge in [0.2, 0.25) is 0 Å². The van der Waals surface area contributed by atoms with Gasteiger partial charge in [-0.2, -0.15) is 0 Å². The van der Waals surface area contributed by atoms with E-state index in [1.165, 1.54) is 0 Å². The van der Waals surface area contributed by atoms with Gasteiger partial charge >= 0.3 is 5.97 Å². The average molecular weight is 283 g/mol. The van der Waals surface area contributed by atoms with Gasteiger partial charge in [0.05, 0.1) is 25.7 Å². The molecule has 0 saturated carbocycles. The standard InChI is InChI=1S/C12H21N5O3/c1-3-4-5-17-11(13-14-15-17)6-16(2)10-8-20-7-9(10)12(18)19/h9-10H,3-8H2,1-2H3,(H,18,19). The molecule has 1 aliphatic rings. The molecular weight excluding hydrogens is 262 g/mol. The maximum Gasteiger partial charge on any atom is 0.310 e. The monoisotopic (exact) mass is 283 g/mol. The average Bonchev–Trinajstić information content (AvgIpc) is 3.05. The second-order valence-electron chi connectivity index (χ2n) is 5.14. The molecule has 1 aromatic heterocycles. The number of carboxylic acids is 1. The van der Waals surface area contributed by atoms with Crippen molar-refractivity contribution in [2.75, 3.05) is 20.3 Å². The first-order chi connectivity index (χ1) is 9.63. The molecule has 0 radical (unpaired) electrons. The van der Waals surface area contributed by atoms with E-state index in [0.717, 1.165) is 25.2 Å². The summed E-state index contributed by atoms with van der Waals surface area (Å²) in [7, 11) is 1.88. The largest absolute Gasteiger partial charge is 0.481 e. The van der Waals surface area contributed by atoms with Gasteiger partial charge in [0.1, 0.15) is 0 Å². The van der Waals surface area contributed by atoms with Crippen molar-refractivity contribution in [2.24, 2.45) is 5.92 Å². The van der Waals surface area contributed by atoms with E-state index in [1.54, 1.807) is 4.68 Å². The number of hydrogen-bond donors (Lipinski definition) is 1. The first-order valence-electron chi connectivity index (χ1n) is 6.89. The number of carbonyl (C=O) groups is 1. The Morgan fingerprint density at radius 2 is 2.35 bits per heavy atom. The Balaban J connectivity index is 1.98. The van der Waals surface area contributed by atoms with Crippen LogP contribution >= 0.6 is 0 Å². The van der Waals surface area contributed by atoms with Crippen molar-refractivity contribution in [1.82, 2.24) is 25.1 Å². The molecule has 0 aliphatic carbocycles. The van der Waals surface area contributed by atoms with E-state index in [0.29, 0.717) is 13.2 Å². The fraction of sp³-hybridized carbons (Fsp3) is 0.833. The fourth-order valence-electron chi connectivity index (χ4n) is 2.37. The van der Waals surface area contributed by atoms with E-state index in [4.69, 9.17) is 4.74 Å². The predicted octanol–water partition coefficient (Wildman–Crippen LogP) is 0.00460. The highest BCUT2D eigenvalue weighted by Crippen LogP contribution is 2.20. The molecule has 0 aromatic carbocycles. The number of rotatable bonds is 7. The molecule has 0 bridgehead atoms. The first kappa shape index (κ1) is 14.9. The molecule has 0 spiro atoms. The van der Waals surface area contributed by atoms with Crippen LogP contribution in [0.2, 0.25) is 0 Å². The molecule has 2 rings (SSSR count). The SMILES string of the molecule is CCCCn1nnnc1CN(C)C1COCC1C(=O)O. The number of likely N-dealkylation sites (N-methyl/N-ethyl adjacent to an activating group) is 1. The highest BCUT2D eigenvalue weighted by Gasteiger charge is 2.37. The van der Waals surface area contributed by atoms with Gasteiger partial charge in [0, 0.05) is 12.6 Å². The molecule has 1 saturated heterocycles. The lowest BCUT2D eigenvalue weighted by Gasteiger charge is -2.25. The van der Waals surface area contributed by atoms with E-state index in [1.807, 2.05) is 11.9 Å². The zero-order valence-corrected chi connectivity index (χ0v) is 11.9. The van der Waals surface area contributed by atoms with Crippen LogP contribution in [0.15, 0.2) is 0 Å². The van der Waals surface area contributed by atoms with Gasteiger partial charge in [0.15, 0.2) is 5.82 Å². The number of nitrogens with zero attached hydrogens (tertiary/aromatic N) is 5. The Labute approximate surface area is 117 Å². The van der Waals surface area contributed by atoms with Crippen molar-refractivity contribution in [2.45, 2.75) is 38.9 Å². The van der Waals surface area contributed by atoms with Crippen LogP contribution in [0.1, 0.15) is 25.6 Å². The summed E-state index contributed by atoms with van der Waals surface area (Å²) < 4.78 is 7.07. The van der Waals surface area contributed by atoms with Crippen molar-refractivity contribution in [3.05, 3.63) is 5.82 Å². The molecule has 1 fully saturated rings. The first-order valence-corrected chi connectivity index (χ1v) is 6.89. The highest BCUT2D eigenvalue weighted by molar-refractivity contribution is 5.71. The van der Waals surface area contributed by atoms with Crippen LogP contribution in [-0.4, -0.2) is 62.5 Å². The summed E-state index contributed by atoms with van der Waals surface area (Å²) in [5.41, 5.74) is 0. The third-order valence-electron chi connectivity index (χ3n) is 3.65. The Hall–Kier alpha value is -1.54. The summed E-state index contributed by atoms with van der Waals surface area (Å²) >= 11 is 0. The molecule has 0 amide bonds. The number of aryl methyl sites for hydroxylation is 1. The Kier molecular flexibility index (Phi) is 5.02. The number of carboxylic acid groups (broad SMARTS) is 1. The van der Waals surface area contributed by atoms with Crippen LogP contribution in [0, 0.1) is 5.92 Å². The minimum Gasteiger partial charge on any atom is -0.481 e. The van der Waals surface area contributed by atoms with Crippen LogP contribution in [0.25, 0.3) is 0 Å². The highest BCUT2D eigenvalue weighted by atomic mass is 16.5. The number of tetrazole rings is 1. The van der Waals surface area contributed by atoms with Crippen molar-refractivity contribution >= 4 is 5.97 Å². The molecule has 112 valence electrons. The number of hydrogen-bond acceptors (Lipinski definition) is 6. The van der Waals surface area contributed by atoms with Crippen molar-refractivity contribution in [3.8, 4) is 0 Å². The number of aromatic nitrogens is 4. The predicted molar refractivity (Wildman–Crippen MR) is 69.9 cm³/mol. The molecule has 2 heterocycles. The van der Waals surface area contributed by atoms with Gasteiger partial charge in [-0.05, 0) is 23.9 Å². The second-order valence-corrected chi connectivity index (χ2v) is 5.14. The third kappa shape index (κ3) is 3.31. The lowest BCUT2D eigenvalue weighted by molar-refractivity contribution is -0.143. The Morgan fingerprint density at radius 1 is 1.55 bits per heavy atom. The van der Waals surface area contributed by atoms with E-state index in [2.05, 4.69) is 22.4 Å². The van der Waals surface area contributed by atoms with Crippen molar-refractivity contribution in [3.63, 3.8) is 0 Å². The second kappa shape index (κ2) is 6.76. The minimum atomic E-state index is -0.815. The molecule has 8 heteroatoms. The summed E-state index contributed by atoms with van der Waals surface area (Å²) in [5.74, 6) is -0.540. The molecule has 2 atom stereocenters. The van der Waals surface area contributed by atoms with Crippen LogP contribution in [-0.2, 0) is 22.6 Å². The van der Waals surface area contributed by atoms with Gasteiger partial charge in [-0.1, -0.05) is 13.3 Å². The van der Waals surface area contributed by atoms with E-state index in [-0.39, 0.29) is 12.6 Å². The summed E-state index contributed by atoms with van der Waals surface area (Å²) in [6.45, 7) is 4.13. The van der Waals surface area contributed by atoms with Gasteiger partial charge in [-0.25, -0.2) is 4.68 Å². The Morgan fingerprint density at radius 3 is 3.05 bits per heavy atom. The Bertz CT molecular complexity index is 450. The van der Waals surface area contributed by atoms with Gasteiger partial charge in [-0.3, -0.25) is 9.69 Å². The smallest absolute Gasteiger partial charge is 0.310 e. The fourth-order valence-corrected chi connectivity index (χ4v) is 2.37. The maximum atomic E-state index is 11.2. The van der Waals surface area contributed by atoms with E-state index < -0.39 is 11.9 Å². The van der Waals surface area contributed by atoms with Crippen LogP contribution in [0.3, 0.4) is 0 Å². The van der Waals surface area contributed by atoms with Gasteiger partial charge < -0.3 is 9.84 Å². The topological polar surface area (TPSA) is 93.4 Å². The van der Waals surface area contributed by atoms with Crippen LogP contribution < -0.4 is 0 Å². The molecule has 1 aromatic rings. The maximum absolute atomic E-state index is 11.2. The number of unbranched alkanes of at least 4 members (excludes halogenated alkanes) is 1. The number of aliphatic carboxylic acids is 1. The van der Waals surface area contributed by atoms with Crippen LogP contribution in [0.4, 0.5) is 0 Å². The summed E-state index contributed by atoms with van der Waals surface area (Å²) in [4.78, 5) is 13.1. The van der Waals surface area contributed by atoms with Crippen molar-refractivity contribution in [1.29, 1.82) is 0 Å². The summed E-state index contributed by atoms with van der Waals surface area (Å²) in [6, 6.07) is -0.135. The van der Waals surface area contributed by atoms with Gasteiger partial charge in [0.25, 0.3) is 0 Å². The normalized spacial score (nSPS) is 22.6. The zero-order valence-electron chi connectivity index (χ0n) is 11.9. The third-order valence-corrected chi connectivity index (χ3v) is 3.65. The summed E-state index contributed by atoms with van der Waals surface area (Å²) in [6.07, 6.45) is 2.10. The molecule has 8 nitrogen and oxygen atoms in total. The van der Waals surface area contributed by atoms with E-state index >= 15 is 0 Å². The lowest BCUT2D eigenvalue weighted by atomic mass is 10.0. The quantitative estimate of drug-likeness (QED) is 0.753. The minimum absolute atomic E-state index is 0.135. The molecule has 20 heavy (non-hydrogen) atoms. The summed E-state index contributed by atoms with van der Waals surface area (Å²) in [5, 5.41) is 20.9. The zero-order chi connectivity index (χ0) is 14.5. The molecule has 2 unspecified atom stereocenters. The van der Waals surface area contributed by atoms with Crippen LogP contribution in [0.5, 0.6) is 0 Å². The van der Waals surface area contributed by atoms with E-state index in [9.17, 15) is 9.90 Å². The molecular formula is C12H21N5O3. The van der Waals surface area contributed by atoms with Gasteiger partial charge in [-0.15, -0.1) is 5.10 Å². The molecule has 1 N–H and O–H groups in total. The molecule has 1 aliphatic heterocycles. The van der Waals surface area contributed by atoms with Crippen molar-refractivity contribution < 1.29 is 14.6 Å².